The highest BCUT2D eigenvalue weighted by Crippen LogP contribution is 2.18. The number of piperidine rings is 1. The van der Waals surface area contributed by atoms with Gasteiger partial charge in [-0.25, -0.2) is 0 Å². The molecule has 0 bridgehead atoms. The summed E-state index contributed by atoms with van der Waals surface area (Å²) in [5, 5.41) is 6.48. The molecule has 3 rings (SSSR count). The molecule has 2 aromatic carbocycles. The number of likely N-dealkylation sites (tertiary alicyclic amines) is 1. The topological polar surface area (TPSA) is 134 Å². The van der Waals surface area contributed by atoms with Crippen LogP contribution in [0.2, 0.25) is 0 Å². The first-order valence-corrected chi connectivity index (χ1v) is 16.5. The van der Waals surface area contributed by atoms with Crippen LogP contribution in [-0.2, 0) is 20.8 Å². The Morgan fingerprint density at radius 2 is 1.62 bits per heavy atom. The Morgan fingerprint density at radius 1 is 0.978 bits per heavy atom. The second-order valence-electron chi connectivity index (χ2n) is 12.6. The van der Waals surface area contributed by atoms with E-state index in [0.717, 1.165) is 24.0 Å². The van der Waals surface area contributed by atoms with E-state index in [1.165, 1.54) is 0 Å². The van der Waals surface area contributed by atoms with Crippen molar-refractivity contribution in [2.24, 2.45) is 17.4 Å². The lowest BCUT2D eigenvalue weighted by atomic mass is 9.99. The Labute approximate surface area is 269 Å². The van der Waals surface area contributed by atoms with Crippen LogP contribution in [0.1, 0.15) is 63.5 Å². The molecule has 0 aliphatic carbocycles. The largest absolute Gasteiger partial charge is 0.343 e. The van der Waals surface area contributed by atoms with E-state index in [4.69, 9.17) is 11.5 Å². The molecule has 0 saturated carbocycles. The van der Waals surface area contributed by atoms with Crippen LogP contribution in [0.15, 0.2) is 66.7 Å². The maximum absolute atomic E-state index is 13.8. The van der Waals surface area contributed by atoms with Gasteiger partial charge in [-0.05, 0) is 74.6 Å². The van der Waals surface area contributed by atoms with Crippen LogP contribution in [0.4, 0.5) is 0 Å². The number of nitrogens with one attached hydrogen (secondary N) is 2. The van der Waals surface area contributed by atoms with Crippen molar-refractivity contribution in [1.82, 2.24) is 20.4 Å². The van der Waals surface area contributed by atoms with Crippen molar-refractivity contribution in [1.29, 1.82) is 0 Å². The van der Waals surface area contributed by atoms with Gasteiger partial charge in [0.15, 0.2) is 0 Å². The van der Waals surface area contributed by atoms with E-state index in [1.807, 2.05) is 66.6 Å². The number of carbonyl (C=O) groups excluding carboxylic acids is 3. The standard InChI is InChI=1S/C36H54N6O3/c1-27(2)24-33(39-26-30(38)25-29-14-8-5-9-15-29)35(44)40-32(16-10-11-21-37)36(45)42-22-19-31(20-23-42)41(3)34(43)18-17-28-12-6-4-7-13-28/h4-9,12-15,17-18,27,30-33,39H,10-11,16,19-26,37-38H2,1-3H3,(H,40,44)/t30-,32-,33-/m1/s1. The highest BCUT2D eigenvalue weighted by Gasteiger charge is 2.32. The van der Waals surface area contributed by atoms with Gasteiger partial charge in [0.05, 0.1) is 6.04 Å². The number of unbranched alkanes of at least 4 members (excludes halogenated alkanes) is 1. The number of likely N-dealkylation sites (N-methyl/N-ethyl adjacent to an activating group) is 1. The molecule has 3 atom stereocenters. The summed E-state index contributed by atoms with van der Waals surface area (Å²) in [7, 11) is 1.82. The fraction of sp³-hybridized carbons (Fsp3) is 0.528. The van der Waals surface area contributed by atoms with E-state index in [2.05, 4.69) is 36.6 Å². The quantitative estimate of drug-likeness (QED) is 0.159. The van der Waals surface area contributed by atoms with Crippen LogP contribution >= 0.6 is 0 Å². The number of hydrogen-bond acceptors (Lipinski definition) is 6. The number of hydrogen-bond donors (Lipinski definition) is 4. The van der Waals surface area contributed by atoms with Crippen molar-refractivity contribution in [3.63, 3.8) is 0 Å². The third kappa shape index (κ3) is 12.4. The van der Waals surface area contributed by atoms with E-state index in [9.17, 15) is 14.4 Å². The number of amides is 3. The molecule has 6 N–H and O–H groups in total. The van der Waals surface area contributed by atoms with Crippen molar-refractivity contribution >= 4 is 23.8 Å². The average molecular weight is 619 g/mol. The monoisotopic (exact) mass is 618 g/mol. The zero-order valence-corrected chi connectivity index (χ0v) is 27.4. The predicted molar refractivity (Wildman–Crippen MR) is 182 cm³/mol. The molecule has 1 fully saturated rings. The van der Waals surface area contributed by atoms with Gasteiger partial charge in [0.2, 0.25) is 17.7 Å². The van der Waals surface area contributed by atoms with Gasteiger partial charge in [0, 0.05) is 44.8 Å². The van der Waals surface area contributed by atoms with Crippen molar-refractivity contribution in [2.75, 3.05) is 33.2 Å². The molecule has 1 aliphatic heterocycles. The third-order valence-corrected chi connectivity index (χ3v) is 8.44. The van der Waals surface area contributed by atoms with Crippen LogP contribution < -0.4 is 22.1 Å². The summed E-state index contributed by atoms with van der Waals surface area (Å²) in [4.78, 5) is 43.8. The first kappa shape index (κ1) is 35.9. The molecular weight excluding hydrogens is 564 g/mol. The van der Waals surface area contributed by atoms with Crippen LogP contribution in [0.25, 0.3) is 6.08 Å². The number of nitrogens with zero attached hydrogens (tertiary/aromatic N) is 2. The van der Waals surface area contributed by atoms with Gasteiger partial charge in [-0.1, -0.05) is 74.5 Å². The van der Waals surface area contributed by atoms with Gasteiger partial charge in [-0.3, -0.25) is 14.4 Å². The minimum absolute atomic E-state index is 0.0481. The van der Waals surface area contributed by atoms with E-state index in [1.54, 1.807) is 11.0 Å². The summed E-state index contributed by atoms with van der Waals surface area (Å²) in [5.41, 5.74) is 14.3. The van der Waals surface area contributed by atoms with Gasteiger partial charge < -0.3 is 31.9 Å². The summed E-state index contributed by atoms with van der Waals surface area (Å²) >= 11 is 0. The Bertz CT molecular complexity index is 1200. The van der Waals surface area contributed by atoms with Crippen molar-refractivity contribution in [2.45, 2.75) is 83.0 Å². The Morgan fingerprint density at radius 3 is 2.24 bits per heavy atom. The minimum Gasteiger partial charge on any atom is -0.343 e. The van der Waals surface area contributed by atoms with Gasteiger partial charge in [0.25, 0.3) is 0 Å². The second kappa shape index (κ2) is 19.1. The van der Waals surface area contributed by atoms with E-state index >= 15 is 0 Å². The van der Waals surface area contributed by atoms with Crippen LogP contribution in [0.3, 0.4) is 0 Å². The molecule has 1 aliphatic rings. The number of benzene rings is 2. The molecule has 0 radical (unpaired) electrons. The lowest BCUT2D eigenvalue weighted by molar-refractivity contribution is -0.139. The molecule has 2 aromatic rings. The molecule has 9 nitrogen and oxygen atoms in total. The van der Waals surface area contributed by atoms with Gasteiger partial charge in [0.1, 0.15) is 6.04 Å². The Hall–Kier alpha value is -3.53. The number of rotatable bonds is 17. The summed E-state index contributed by atoms with van der Waals surface area (Å²) in [6.45, 7) is 6.27. The molecule has 45 heavy (non-hydrogen) atoms. The fourth-order valence-electron chi connectivity index (χ4n) is 5.78. The lowest BCUT2D eigenvalue weighted by Crippen LogP contribution is -2.56. The van der Waals surface area contributed by atoms with E-state index in [0.29, 0.717) is 58.3 Å². The van der Waals surface area contributed by atoms with E-state index < -0.39 is 12.1 Å². The maximum Gasteiger partial charge on any atom is 0.246 e. The molecule has 246 valence electrons. The smallest absolute Gasteiger partial charge is 0.246 e. The fourth-order valence-corrected chi connectivity index (χ4v) is 5.78. The van der Waals surface area contributed by atoms with Crippen LogP contribution in [-0.4, -0.2) is 84.9 Å². The summed E-state index contributed by atoms with van der Waals surface area (Å²) in [5.74, 6) is -0.0121. The Balaban J connectivity index is 1.57. The third-order valence-electron chi connectivity index (χ3n) is 8.44. The zero-order chi connectivity index (χ0) is 32.6. The summed E-state index contributed by atoms with van der Waals surface area (Å²) in [6, 6.07) is 18.7. The average Bonchev–Trinajstić information content (AvgIpc) is 3.05. The van der Waals surface area contributed by atoms with Crippen LogP contribution in [0.5, 0.6) is 0 Å². The zero-order valence-electron chi connectivity index (χ0n) is 27.4. The summed E-state index contributed by atoms with van der Waals surface area (Å²) < 4.78 is 0. The molecule has 3 amide bonds. The SMILES string of the molecule is CC(C)C[C@@H](NC[C@H](N)Cc1ccccc1)C(=O)N[C@H](CCCCN)C(=O)N1CCC(N(C)C(=O)C=Cc2ccccc2)CC1. The molecule has 0 spiro atoms. The number of carbonyl (C=O) groups is 3. The normalized spacial score (nSPS) is 16.0. The van der Waals surface area contributed by atoms with Crippen molar-refractivity contribution in [3.05, 3.63) is 77.9 Å². The van der Waals surface area contributed by atoms with Gasteiger partial charge in [-0.15, -0.1) is 0 Å². The molecule has 0 aromatic heterocycles. The molecule has 0 unspecified atom stereocenters. The van der Waals surface area contributed by atoms with Gasteiger partial charge in [-0.2, -0.15) is 0 Å². The Kier molecular flexibility index (Phi) is 15.2. The number of nitrogens with two attached hydrogens (primary N) is 2. The molecule has 1 saturated heterocycles. The van der Waals surface area contributed by atoms with Crippen LogP contribution in [0, 0.1) is 5.92 Å². The van der Waals surface area contributed by atoms with Gasteiger partial charge >= 0.3 is 0 Å². The highest BCUT2D eigenvalue weighted by molar-refractivity contribution is 5.92. The van der Waals surface area contributed by atoms with Crippen molar-refractivity contribution < 1.29 is 14.4 Å². The maximum atomic E-state index is 13.8. The van der Waals surface area contributed by atoms with Crippen molar-refractivity contribution in [3.8, 4) is 0 Å². The highest BCUT2D eigenvalue weighted by atomic mass is 16.2. The lowest BCUT2D eigenvalue weighted by Gasteiger charge is -2.38. The molecule has 9 heteroatoms. The summed E-state index contributed by atoms with van der Waals surface area (Å²) in [6.07, 6.45) is 8.22. The minimum atomic E-state index is -0.622. The molecular formula is C36H54N6O3. The first-order valence-electron chi connectivity index (χ1n) is 16.5. The first-order chi connectivity index (χ1) is 21.7. The van der Waals surface area contributed by atoms with E-state index in [-0.39, 0.29) is 35.7 Å². The molecule has 1 heterocycles. The predicted octanol–water partition coefficient (Wildman–Crippen LogP) is 3.34. The second-order valence-corrected chi connectivity index (χ2v) is 12.6.